The Morgan fingerprint density at radius 3 is 2.53 bits per heavy atom. The number of hydrazine groups is 1. The zero-order valence-electron chi connectivity index (χ0n) is 9.18. The molecular formula is C12H11ClN2OS. The van der Waals surface area contributed by atoms with Gasteiger partial charge in [-0.05, 0) is 24.3 Å². The van der Waals surface area contributed by atoms with Crippen LogP contribution in [0.5, 0.6) is 0 Å². The molecule has 1 heterocycles. The van der Waals surface area contributed by atoms with E-state index >= 15 is 0 Å². The van der Waals surface area contributed by atoms with E-state index in [2.05, 4.69) is 5.43 Å². The van der Waals surface area contributed by atoms with Crippen molar-refractivity contribution in [1.82, 2.24) is 5.43 Å². The van der Waals surface area contributed by atoms with Crippen molar-refractivity contribution in [2.45, 2.75) is 0 Å². The maximum Gasteiger partial charge on any atom is 0.279 e. The molecule has 17 heavy (non-hydrogen) atoms. The Labute approximate surface area is 109 Å². The second-order valence-corrected chi connectivity index (χ2v) is 5.15. The minimum atomic E-state index is -0.159. The van der Waals surface area contributed by atoms with Gasteiger partial charge in [0.15, 0.2) is 0 Å². The van der Waals surface area contributed by atoms with Crippen molar-refractivity contribution in [3.63, 3.8) is 0 Å². The molecule has 1 aromatic heterocycles. The van der Waals surface area contributed by atoms with Crippen LogP contribution in [0.25, 0.3) is 0 Å². The number of anilines is 1. The standard InChI is InChI=1S/C12H11ClN2OS/c1-15(9-5-3-2-4-6-9)14-12(16)10-7-8-11(13)17-10/h2-8H,1H3,(H,14,16). The van der Waals surface area contributed by atoms with E-state index in [1.807, 2.05) is 30.3 Å². The molecule has 0 fully saturated rings. The average Bonchev–Trinajstić information content (AvgIpc) is 2.77. The lowest BCUT2D eigenvalue weighted by molar-refractivity contribution is 0.0955. The van der Waals surface area contributed by atoms with Crippen LogP contribution >= 0.6 is 22.9 Å². The van der Waals surface area contributed by atoms with Crippen molar-refractivity contribution in [2.24, 2.45) is 0 Å². The van der Waals surface area contributed by atoms with Gasteiger partial charge in [0, 0.05) is 7.05 Å². The fourth-order valence-electron chi connectivity index (χ4n) is 1.36. The molecule has 2 rings (SSSR count). The molecule has 5 heteroatoms. The number of hydrogen-bond donors (Lipinski definition) is 1. The van der Waals surface area contributed by atoms with Gasteiger partial charge in [-0.15, -0.1) is 11.3 Å². The average molecular weight is 267 g/mol. The van der Waals surface area contributed by atoms with Gasteiger partial charge in [-0.1, -0.05) is 29.8 Å². The molecule has 0 unspecified atom stereocenters. The van der Waals surface area contributed by atoms with Crippen LogP contribution in [0.1, 0.15) is 9.67 Å². The van der Waals surface area contributed by atoms with Gasteiger partial charge in [-0.3, -0.25) is 15.2 Å². The van der Waals surface area contributed by atoms with Crippen LogP contribution in [0, 0.1) is 0 Å². The molecule has 88 valence electrons. The third-order valence-electron chi connectivity index (χ3n) is 2.21. The Morgan fingerprint density at radius 1 is 1.24 bits per heavy atom. The number of rotatable bonds is 3. The van der Waals surface area contributed by atoms with Crippen molar-refractivity contribution < 1.29 is 4.79 Å². The van der Waals surface area contributed by atoms with E-state index in [0.717, 1.165) is 5.69 Å². The first-order chi connectivity index (χ1) is 8.16. The van der Waals surface area contributed by atoms with Crippen LogP contribution in [0.15, 0.2) is 42.5 Å². The zero-order chi connectivity index (χ0) is 12.3. The number of hydrogen-bond acceptors (Lipinski definition) is 3. The SMILES string of the molecule is CN(NC(=O)c1ccc(Cl)s1)c1ccccc1. The number of thiophene rings is 1. The van der Waals surface area contributed by atoms with Gasteiger partial charge in [0.1, 0.15) is 0 Å². The van der Waals surface area contributed by atoms with Gasteiger partial charge in [-0.25, -0.2) is 0 Å². The van der Waals surface area contributed by atoms with E-state index in [4.69, 9.17) is 11.6 Å². The predicted molar refractivity (Wildman–Crippen MR) is 71.6 cm³/mol. The molecule has 0 aliphatic heterocycles. The maximum absolute atomic E-state index is 11.8. The normalized spacial score (nSPS) is 10.0. The Hall–Kier alpha value is -1.52. The zero-order valence-corrected chi connectivity index (χ0v) is 10.8. The van der Waals surface area contributed by atoms with Gasteiger partial charge in [0.25, 0.3) is 5.91 Å². The lowest BCUT2D eigenvalue weighted by Crippen LogP contribution is -2.38. The molecule has 0 radical (unpaired) electrons. The second-order valence-electron chi connectivity index (χ2n) is 3.44. The van der Waals surface area contributed by atoms with Crippen LogP contribution in [-0.2, 0) is 0 Å². The summed E-state index contributed by atoms with van der Waals surface area (Å²) in [5, 5.41) is 1.68. The quantitative estimate of drug-likeness (QED) is 0.866. The van der Waals surface area contributed by atoms with E-state index in [9.17, 15) is 4.79 Å². The van der Waals surface area contributed by atoms with Gasteiger partial charge in [0.05, 0.1) is 14.9 Å². The lowest BCUT2D eigenvalue weighted by Gasteiger charge is -2.19. The van der Waals surface area contributed by atoms with Crippen molar-refractivity contribution in [3.05, 3.63) is 51.7 Å². The van der Waals surface area contributed by atoms with Crippen molar-refractivity contribution in [3.8, 4) is 0 Å². The fourth-order valence-corrected chi connectivity index (χ4v) is 2.29. The molecule has 2 aromatic rings. The molecule has 0 saturated heterocycles. The number of benzene rings is 1. The van der Waals surface area contributed by atoms with Crippen molar-refractivity contribution in [2.75, 3.05) is 12.1 Å². The predicted octanol–water partition coefficient (Wildman–Crippen LogP) is 3.18. The number of nitrogens with zero attached hydrogens (tertiary/aromatic N) is 1. The monoisotopic (exact) mass is 266 g/mol. The van der Waals surface area contributed by atoms with E-state index in [0.29, 0.717) is 9.21 Å². The Morgan fingerprint density at radius 2 is 1.94 bits per heavy atom. The molecule has 1 amide bonds. The van der Waals surface area contributed by atoms with Crippen LogP contribution in [0.3, 0.4) is 0 Å². The number of carbonyl (C=O) groups excluding carboxylic acids is 1. The summed E-state index contributed by atoms with van der Waals surface area (Å²) in [6.45, 7) is 0. The Kier molecular flexibility index (Phi) is 3.66. The van der Waals surface area contributed by atoms with Crippen LogP contribution < -0.4 is 10.4 Å². The summed E-state index contributed by atoms with van der Waals surface area (Å²) in [7, 11) is 1.79. The molecule has 0 atom stereocenters. The molecule has 3 nitrogen and oxygen atoms in total. The molecule has 0 aliphatic carbocycles. The molecule has 1 aromatic carbocycles. The molecular weight excluding hydrogens is 256 g/mol. The van der Waals surface area contributed by atoms with Crippen LogP contribution in [0.2, 0.25) is 4.34 Å². The van der Waals surface area contributed by atoms with E-state index < -0.39 is 0 Å². The summed E-state index contributed by atoms with van der Waals surface area (Å²) in [4.78, 5) is 12.4. The number of carbonyl (C=O) groups is 1. The van der Waals surface area contributed by atoms with E-state index in [-0.39, 0.29) is 5.91 Å². The summed E-state index contributed by atoms with van der Waals surface area (Å²) in [6, 6.07) is 13.0. The minimum absolute atomic E-state index is 0.159. The Bertz CT molecular complexity index is 512. The highest BCUT2D eigenvalue weighted by Crippen LogP contribution is 2.21. The first kappa shape index (κ1) is 12.0. The summed E-state index contributed by atoms with van der Waals surface area (Å²) >= 11 is 7.04. The van der Waals surface area contributed by atoms with Gasteiger partial charge >= 0.3 is 0 Å². The second kappa shape index (κ2) is 5.21. The fraction of sp³-hybridized carbons (Fsp3) is 0.0833. The summed E-state index contributed by atoms with van der Waals surface area (Å²) < 4.78 is 0.609. The molecule has 0 aliphatic rings. The maximum atomic E-state index is 11.8. The number of nitrogens with one attached hydrogen (secondary N) is 1. The highest BCUT2D eigenvalue weighted by atomic mass is 35.5. The molecule has 0 saturated carbocycles. The number of halogens is 1. The van der Waals surface area contributed by atoms with E-state index in [1.165, 1.54) is 11.3 Å². The number of para-hydroxylation sites is 1. The summed E-state index contributed by atoms with van der Waals surface area (Å²) in [6.07, 6.45) is 0. The van der Waals surface area contributed by atoms with Gasteiger partial charge in [-0.2, -0.15) is 0 Å². The van der Waals surface area contributed by atoms with Crippen molar-refractivity contribution >= 4 is 34.5 Å². The smallest absolute Gasteiger partial charge is 0.279 e. The highest BCUT2D eigenvalue weighted by Gasteiger charge is 2.10. The highest BCUT2D eigenvalue weighted by molar-refractivity contribution is 7.18. The lowest BCUT2D eigenvalue weighted by atomic mass is 10.3. The largest absolute Gasteiger partial charge is 0.288 e. The van der Waals surface area contributed by atoms with Gasteiger partial charge in [0.2, 0.25) is 0 Å². The third kappa shape index (κ3) is 2.99. The Balaban J connectivity index is 2.04. The van der Waals surface area contributed by atoms with Gasteiger partial charge < -0.3 is 0 Å². The molecule has 0 spiro atoms. The summed E-state index contributed by atoms with van der Waals surface area (Å²) in [5.74, 6) is -0.159. The topological polar surface area (TPSA) is 32.3 Å². The van der Waals surface area contributed by atoms with Crippen molar-refractivity contribution in [1.29, 1.82) is 0 Å². The molecule has 0 bridgehead atoms. The first-order valence-electron chi connectivity index (χ1n) is 5.02. The first-order valence-corrected chi connectivity index (χ1v) is 6.21. The van der Waals surface area contributed by atoms with Crippen LogP contribution in [-0.4, -0.2) is 13.0 Å². The third-order valence-corrected chi connectivity index (χ3v) is 3.44. The summed E-state index contributed by atoms with van der Waals surface area (Å²) in [5.41, 5.74) is 3.69. The number of amides is 1. The molecule has 1 N–H and O–H groups in total. The minimum Gasteiger partial charge on any atom is -0.288 e. The van der Waals surface area contributed by atoms with E-state index in [1.54, 1.807) is 24.2 Å². The van der Waals surface area contributed by atoms with Crippen LogP contribution in [0.4, 0.5) is 5.69 Å².